The lowest BCUT2D eigenvalue weighted by molar-refractivity contribution is -0.127. The molecule has 154 valence electrons. The van der Waals surface area contributed by atoms with Crippen molar-refractivity contribution in [2.24, 2.45) is 16.3 Å². The molecular weight excluding hydrogens is 372 g/mol. The summed E-state index contributed by atoms with van der Waals surface area (Å²) >= 11 is 1.78. The predicted octanol–water partition coefficient (Wildman–Crippen LogP) is 2.26. The minimum absolute atomic E-state index is 0.0191. The zero-order valence-electron chi connectivity index (χ0n) is 16.9. The molecule has 0 radical (unpaired) electrons. The number of nitrogens with zero attached hydrogens (tertiary/aromatic N) is 2. The van der Waals surface area contributed by atoms with Crippen LogP contribution in [0.15, 0.2) is 22.5 Å². The van der Waals surface area contributed by atoms with Gasteiger partial charge in [-0.15, -0.1) is 11.3 Å². The topological polar surface area (TPSA) is 66.0 Å². The van der Waals surface area contributed by atoms with Crippen LogP contribution in [0, 0.1) is 11.3 Å². The number of carbonyl (C=O) groups is 1. The summed E-state index contributed by atoms with van der Waals surface area (Å²) in [5.41, 5.74) is 0.267. The quantitative estimate of drug-likeness (QED) is 0.564. The fourth-order valence-corrected chi connectivity index (χ4v) is 5.96. The third-order valence-corrected chi connectivity index (χ3v) is 7.63. The van der Waals surface area contributed by atoms with Crippen molar-refractivity contribution in [1.29, 1.82) is 0 Å². The number of rotatable bonds is 6. The summed E-state index contributed by atoms with van der Waals surface area (Å²) in [4.78, 5) is 19.6. The van der Waals surface area contributed by atoms with Crippen LogP contribution in [0.5, 0.6) is 0 Å². The van der Waals surface area contributed by atoms with Gasteiger partial charge < -0.3 is 20.3 Å². The Bertz CT molecular complexity index is 697. The first kappa shape index (κ1) is 19.7. The van der Waals surface area contributed by atoms with Gasteiger partial charge in [0, 0.05) is 49.5 Å². The summed E-state index contributed by atoms with van der Waals surface area (Å²) in [6.07, 6.45) is 7.58. The average Bonchev–Trinajstić information content (AvgIpc) is 3.43. The van der Waals surface area contributed by atoms with E-state index in [1.807, 2.05) is 0 Å². The molecule has 6 nitrogen and oxygen atoms in total. The second-order valence-electron chi connectivity index (χ2n) is 8.52. The molecule has 2 N–H and O–H groups in total. The van der Waals surface area contributed by atoms with E-state index in [1.165, 1.54) is 30.6 Å². The molecule has 3 fully saturated rings. The van der Waals surface area contributed by atoms with E-state index in [1.54, 1.807) is 30.3 Å². The Morgan fingerprint density at radius 2 is 2.21 bits per heavy atom. The third kappa shape index (κ3) is 3.79. The highest BCUT2D eigenvalue weighted by molar-refractivity contribution is 7.09. The monoisotopic (exact) mass is 404 g/mol. The predicted molar refractivity (Wildman–Crippen MR) is 113 cm³/mol. The summed E-state index contributed by atoms with van der Waals surface area (Å²) in [7, 11) is 3.55. The molecule has 1 aromatic heterocycles. The number of thiophene rings is 1. The molecule has 2 aliphatic carbocycles. The second-order valence-corrected chi connectivity index (χ2v) is 9.55. The molecule has 1 saturated heterocycles. The standard InChI is InChI=1S/C21H32N4O2S/c1-25(2)17(26)14-23-20(22-11-7-15-6-5-13-28-15)24-18-16-8-12-27-19(16)21(18)9-3-4-10-21/h5-6,13,16,18-19H,3-4,7-12,14H2,1-2H3,(H2,22,23,24). The fraction of sp³-hybridized carbons (Fsp3) is 0.714. The molecule has 1 spiro atoms. The number of amides is 1. The van der Waals surface area contributed by atoms with Gasteiger partial charge in [-0.25, -0.2) is 4.99 Å². The summed E-state index contributed by atoms with van der Waals surface area (Å²) in [6.45, 7) is 1.87. The van der Waals surface area contributed by atoms with Crippen molar-refractivity contribution in [2.75, 3.05) is 33.8 Å². The maximum Gasteiger partial charge on any atom is 0.243 e. The van der Waals surface area contributed by atoms with Gasteiger partial charge in [0.15, 0.2) is 5.96 Å². The van der Waals surface area contributed by atoms with Crippen LogP contribution in [0.1, 0.15) is 37.0 Å². The van der Waals surface area contributed by atoms with Gasteiger partial charge in [-0.1, -0.05) is 18.9 Å². The highest BCUT2D eigenvalue weighted by Gasteiger charge is 2.65. The Morgan fingerprint density at radius 3 is 2.93 bits per heavy atom. The molecule has 0 bridgehead atoms. The van der Waals surface area contributed by atoms with Gasteiger partial charge in [0.25, 0.3) is 0 Å². The number of ether oxygens (including phenoxy) is 1. The van der Waals surface area contributed by atoms with E-state index in [4.69, 9.17) is 4.74 Å². The molecule has 3 unspecified atom stereocenters. The summed E-state index contributed by atoms with van der Waals surface area (Å²) in [5.74, 6) is 1.37. The molecule has 7 heteroatoms. The molecule has 2 heterocycles. The highest BCUT2D eigenvalue weighted by Crippen LogP contribution is 2.60. The first-order valence-electron chi connectivity index (χ1n) is 10.5. The zero-order valence-corrected chi connectivity index (χ0v) is 17.8. The minimum atomic E-state index is 0.0191. The van der Waals surface area contributed by atoms with Crippen molar-refractivity contribution in [3.8, 4) is 0 Å². The fourth-order valence-electron chi connectivity index (χ4n) is 5.25. The molecule has 1 amide bonds. The van der Waals surface area contributed by atoms with Crippen LogP contribution in [0.25, 0.3) is 0 Å². The molecular formula is C21H32N4O2S. The third-order valence-electron chi connectivity index (χ3n) is 6.69. The van der Waals surface area contributed by atoms with E-state index in [-0.39, 0.29) is 17.9 Å². The van der Waals surface area contributed by atoms with Crippen molar-refractivity contribution in [1.82, 2.24) is 15.5 Å². The molecule has 28 heavy (non-hydrogen) atoms. The maximum atomic E-state index is 12.1. The highest BCUT2D eigenvalue weighted by atomic mass is 32.1. The van der Waals surface area contributed by atoms with E-state index in [2.05, 4.69) is 33.1 Å². The number of nitrogens with one attached hydrogen (secondary N) is 2. The number of guanidine groups is 1. The SMILES string of the molecule is CN(C)C(=O)CN=C(NCCc1cccs1)NC1C2CCOC2C12CCCC2. The summed E-state index contributed by atoms with van der Waals surface area (Å²) < 4.78 is 6.10. The molecule has 0 aromatic carbocycles. The molecule has 4 rings (SSSR count). The van der Waals surface area contributed by atoms with Gasteiger partial charge in [-0.3, -0.25) is 4.79 Å². The van der Waals surface area contributed by atoms with Crippen LogP contribution < -0.4 is 10.6 Å². The van der Waals surface area contributed by atoms with Crippen LogP contribution >= 0.6 is 11.3 Å². The van der Waals surface area contributed by atoms with Gasteiger partial charge in [0.1, 0.15) is 6.54 Å². The van der Waals surface area contributed by atoms with Crippen molar-refractivity contribution in [3.63, 3.8) is 0 Å². The van der Waals surface area contributed by atoms with Crippen molar-refractivity contribution >= 4 is 23.2 Å². The lowest BCUT2D eigenvalue weighted by Gasteiger charge is -2.57. The number of aliphatic imine (C=N–C) groups is 1. The van der Waals surface area contributed by atoms with Gasteiger partial charge >= 0.3 is 0 Å². The Kier molecular flexibility index (Phi) is 5.92. The Morgan fingerprint density at radius 1 is 1.39 bits per heavy atom. The summed E-state index contributed by atoms with van der Waals surface area (Å²) in [5, 5.41) is 9.30. The second kappa shape index (κ2) is 8.41. The van der Waals surface area contributed by atoms with Crippen molar-refractivity contribution in [2.45, 2.75) is 50.7 Å². The lowest BCUT2D eigenvalue weighted by Crippen LogP contribution is -2.69. The Labute approximate surface area is 171 Å². The molecule has 3 aliphatic rings. The van der Waals surface area contributed by atoms with Crippen LogP contribution in [0.3, 0.4) is 0 Å². The maximum absolute atomic E-state index is 12.1. The smallest absolute Gasteiger partial charge is 0.243 e. The summed E-state index contributed by atoms with van der Waals surface area (Å²) in [6, 6.07) is 4.65. The van der Waals surface area contributed by atoms with E-state index in [9.17, 15) is 4.79 Å². The van der Waals surface area contributed by atoms with E-state index >= 15 is 0 Å². The van der Waals surface area contributed by atoms with Gasteiger partial charge in [-0.05, 0) is 37.1 Å². The average molecular weight is 405 g/mol. The first-order valence-corrected chi connectivity index (χ1v) is 11.4. The Hall–Kier alpha value is -1.60. The zero-order chi connectivity index (χ0) is 19.6. The van der Waals surface area contributed by atoms with Gasteiger partial charge in [-0.2, -0.15) is 0 Å². The number of carbonyl (C=O) groups excluding carboxylic acids is 1. The van der Waals surface area contributed by atoms with E-state index in [0.717, 1.165) is 32.0 Å². The van der Waals surface area contributed by atoms with E-state index in [0.29, 0.717) is 18.1 Å². The molecule has 1 aromatic rings. The lowest BCUT2D eigenvalue weighted by atomic mass is 9.54. The van der Waals surface area contributed by atoms with Crippen LogP contribution in [-0.4, -0.2) is 62.7 Å². The van der Waals surface area contributed by atoms with Crippen molar-refractivity contribution < 1.29 is 9.53 Å². The Balaban J connectivity index is 1.43. The number of fused-ring (bicyclic) bond motifs is 2. The van der Waals surface area contributed by atoms with Crippen LogP contribution in [0.4, 0.5) is 0 Å². The largest absolute Gasteiger partial charge is 0.377 e. The number of hydrogen-bond donors (Lipinski definition) is 2. The van der Waals surface area contributed by atoms with Crippen LogP contribution in [-0.2, 0) is 16.0 Å². The van der Waals surface area contributed by atoms with Crippen molar-refractivity contribution in [3.05, 3.63) is 22.4 Å². The minimum Gasteiger partial charge on any atom is -0.377 e. The normalized spacial score (nSPS) is 28.1. The number of hydrogen-bond acceptors (Lipinski definition) is 4. The van der Waals surface area contributed by atoms with E-state index < -0.39 is 0 Å². The molecule has 2 saturated carbocycles. The number of likely N-dealkylation sites (N-methyl/N-ethyl adjacent to an activating group) is 1. The molecule has 3 atom stereocenters. The van der Waals surface area contributed by atoms with Crippen LogP contribution in [0.2, 0.25) is 0 Å². The first-order chi connectivity index (χ1) is 13.6. The molecule has 1 aliphatic heterocycles. The van der Waals surface area contributed by atoms with Gasteiger partial charge in [0.05, 0.1) is 6.10 Å². The van der Waals surface area contributed by atoms with Gasteiger partial charge in [0.2, 0.25) is 5.91 Å².